The molecule has 0 saturated carbocycles. The first-order valence-electron chi connectivity index (χ1n) is 6.21. The number of benzene rings is 1. The number of hydrogen-bond acceptors (Lipinski definition) is 4. The molecule has 0 heterocycles. The van der Waals surface area contributed by atoms with Crippen LogP contribution in [0.25, 0.3) is 0 Å². The Morgan fingerprint density at radius 3 is 2.58 bits per heavy atom. The quantitative estimate of drug-likeness (QED) is 0.508. The predicted octanol–water partition coefficient (Wildman–Crippen LogP) is 2.13. The Kier molecular flexibility index (Phi) is 7.07. The summed E-state index contributed by atoms with van der Waals surface area (Å²) >= 11 is 0. The summed E-state index contributed by atoms with van der Waals surface area (Å²) in [5.41, 5.74) is 0.694. The molecule has 1 aromatic rings. The van der Waals surface area contributed by atoms with E-state index in [1.165, 1.54) is 6.07 Å². The van der Waals surface area contributed by atoms with Crippen molar-refractivity contribution in [2.45, 2.75) is 6.42 Å². The third-order valence-corrected chi connectivity index (χ3v) is 2.83. The average molecular weight is 269 g/mol. The number of anilines is 1. The first-order valence-corrected chi connectivity index (χ1v) is 6.21. The van der Waals surface area contributed by atoms with Crippen molar-refractivity contribution in [3.05, 3.63) is 29.6 Å². The van der Waals surface area contributed by atoms with Crippen molar-refractivity contribution in [3.8, 4) is 0 Å². The molecule has 0 radical (unpaired) electrons. The molecular weight excluding hydrogens is 249 g/mol. The van der Waals surface area contributed by atoms with Crippen molar-refractivity contribution in [2.75, 3.05) is 45.4 Å². The van der Waals surface area contributed by atoms with Crippen LogP contribution in [0.1, 0.15) is 16.8 Å². The first kappa shape index (κ1) is 15.6. The smallest absolute Gasteiger partial charge is 0.155 e. The molecule has 4 nitrogen and oxygen atoms in total. The lowest BCUT2D eigenvalue weighted by atomic mass is 10.1. The maximum Gasteiger partial charge on any atom is 0.155 e. The Morgan fingerprint density at radius 2 is 1.95 bits per heavy atom. The van der Waals surface area contributed by atoms with Gasteiger partial charge in [-0.1, -0.05) is 6.07 Å². The topological polar surface area (TPSA) is 38.8 Å². The maximum absolute atomic E-state index is 13.6. The molecule has 0 aliphatic carbocycles. The van der Waals surface area contributed by atoms with E-state index < -0.39 is 5.82 Å². The van der Waals surface area contributed by atoms with Crippen molar-refractivity contribution in [2.24, 2.45) is 0 Å². The third kappa shape index (κ3) is 4.61. The summed E-state index contributed by atoms with van der Waals surface area (Å²) in [5, 5.41) is 0. The number of aldehydes is 1. The molecule has 106 valence electrons. The molecule has 0 bridgehead atoms. The molecule has 0 aliphatic heterocycles. The lowest BCUT2D eigenvalue weighted by Crippen LogP contribution is -2.30. The lowest BCUT2D eigenvalue weighted by molar-refractivity contribution is 0.112. The minimum Gasteiger partial charge on any atom is -0.385 e. The second kappa shape index (κ2) is 8.61. The Hall–Kier alpha value is -1.46. The van der Waals surface area contributed by atoms with Crippen LogP contribution in [-0.4, -0.2) is 46.8 Å². The van der Waals surface area contributed by atoms with E-state index >= 15 is 0 Å². The van der Waals surface area contributed by atoms with Gasteiger partial charge in [-0.3, -0.25) is 4.79 Å². The van der Waals surface area contributed by atoms with Crippen LogP contribution in [0.2, 0.25) is 0 Å². The van der Waals surface area contributed by atoms with Crippen molar-refractivity contribution in [1.82, 2.24) is 0 Å². The fourth-order valence-corrected chi connectivity index (χ4v) is 1.87. The molecule has 5 heteroatoms. The summed E-state index contributed by atoms with van der Waals surface area (Å²) < 4.78 is 23.7. The molecule has 0 saturated heterocycles. The van der Waals surface area contributed by atoms with Gasteiger partial charge in [-0.15, -0.1) is 0 Å². The highest BCUT2D eigenvalue weighted by molar-refractivity contribution is 5.85. The second-order valence-electron chi connectivity index (χ2n) is 4.12. The highest BCUT2D eigenvalue weighted by Gasteiger charge is 2.13. The number of halogens is 1. The van der Waals surface area contributed by atoms with Gasteiger partial charge in [0.1, 0.15) is 5.82 Å². The van der Waals surface area contributed by atoms with Crippen LogP contribution in [0.3, 0.4) is 0 Å². The maximum atomic E-state index is 13.6. The third-order valence-electron chi connectivity index (χ3n) is 2.83. The zero-order valence-electron chi connectivity index (χ0n) is 11.4. The molecule has 0 spiro atoms. The summed E-state index contributed by atoms with van der Waals surface area (Å²) in [6, 6.07) is 4.64. The Labute approximate surface area is 113 Å². The summed E-state index contributed by atoms with van der Waals surface area (Å²) in [6.45, 7) is 2.42. The summed E-state index contributed by atoms with van der Waals surface area (Å²) in [4.78, 5) is 13.0. The van der Waals surface area contributed by atoms with Crippen molar-refractivity contribution in [3.63, 3.8) is 0 Å². The van der Waals surface area contributed by atoms with E-state index in [1.54, 1.807) is 26.4 Å². The number of nitrogens with zero attached hydrogens (tertiary/aromatic N) is 1. The highest BCUT2D eigenvalue weighted by Crippen LogP contribution is 2.21. The Morgan fingerprint density at radius 1 is 1.21 bits per heavy atom. The van der Waals surface area contributed by atoms with Gasteiger partial charge in [0.15, 0.2) is 6.29 Å². The minimum absolute atomic E-state index is 0.0935. The molecule has 1 aromatic carbocycles. The molecule has 0 unspecified atom stereocenters. The molecule has 0 fully saturated rings. The van der Waals surface area contributed by atoms with Gasteiger partial charge < -0.3 is 14.4 Å². The van der Waals surface area contributed by atoms with E-state index in [0.29, 0.717) is 38.3 Å². The van der Waals surface area contributed by atoms with Crippen LogP contribution in [0.5, 0.6) is 0 Å². The normalized spacial score (nSPS) is 10.5. The lowest BCUT2D eigenvalue weighted by Gasteiger charge is -2.25. The van der Waals surface area contributed by atoms with Crippen LogP contribution in [-0.2, 0) is 9.47 Å². The summed E-state index contributed by atoms with van der Waals surface area (Å²) in [7, 11) is 3.25. The summed E-state index contributed by atoms with van der Waals surface area (Å²) in [5.74, 6) is -0.498. The van der Waals surface area contributed by atoms with Crippen LogP contribution in [0, 0.1) is 5.82 Å². The Balaban J connectivity index is 2.88. The second-order valence-corrected chi connectivity index (χ2v) is 4.12. The van der Waals surface area contributed by atoms with E-state index in [4.69, 9.17) is 9.47 Å². The number of hydrogen-bond donors (Lipinski definition) is 0. The molecular formula is C14H20FNO3. The van der Waals surface area contributed by atoms with Crippen molar-refractivity contribution >= 4 is 12.0 Å². The SMILES string of the molecule is COCCCN(CCOC)c1cccc(F)c1C=O. The first-order chi connectivity index (χ1) is 9.24. The number of carbonyl (C=O) groups excluding carboxylic acids is 1. The number of ether oxygens (including phenoxy) is 2. The molecule has 0 amide bonds. The van der Waals surface area contributed by atoms with Gasteiger partial charge in [-0.25, -0.2) is 4.39 Å². The molecule has 19 heavy (non-hydrogen) atoms. The largest absolute Gasteiger partial charge is 0.385 e. The molecule has 0 atom stereocenters. The number of carbonyl (C=O) groups is 1. The van der Waals surface area contributed by atoms with Crippen LogP contribution < -0.4 is 4.90 Å². The average Bonchev–Trinajstić information content (AvgIpc) is 2.42. The van der Waals surface area contributed by atoms with Crippen LogP contribution in [0.4, 0.5) is 10.1 Å². The zero-order chi connectivity index (χ0) is 14.1. The fourth-order valence-electron chi connectivity index (χ4n) is 1.87. The van der Waals surface area contributed by atoms with Crippen LogP contribution in [0.15, 0.2) is 18.2 Å². The minimum atomic E-state index is -0.498. The van der Waals surface area contributed by atoms with Gasteiger partial charge in [0.25, 0.3) is 0 Å². The van der Waals surface area contributed by atoms with Crippen molar-refractivity contribution < 1.29 is 18.7 Å². The summed E-state index contributed by atoms with van der Waals surface area (Å²) in [6.07, 6.45) is 1.36. The van der Waals surface area contributed by atoms with Gasteiger partial charge in [0.2, 0.25) is 0 Å². The fraction of sp³-hybridized carbons (Fsp3) is 0.500. The number of rotatable bonds is 9. The van der Waals surface area contributed by atoms with Gasteiger partial charge >= 0.3 is 0 Å². The van der Waals surface area contributed by atoms with Gasteiger partial charge in [-0.2, -0.15) is 0 Å². The monoisotopic (exact) mass is 269 g/mol. The molecule has 0 aromatic heterocycles. The van der Waals surface area contributed by atoms with E-state index in [9.17, 15) is 9.18 Å². The van der Waals surface area contributed by atoms with E-state index in [1.807, 2.05) is 4.90 Å². The van der Waals surface area contributed by atoms with E-state index in [0.717, 1.165) is 6.42 Å². The molecule has 1 rings (SSSR count). The van der Waals surface area contributed by atoms with Crippen LogP contribution >= 0.6 is 0 Å². The molecule has 0 N–H and O–H groups in total. The van der Waals surface area contributed by atoms with Gasteiger partial charge in [0.05, 0.1) is 17.9 Å². The predicted molar refractivity (Wildman–Crippen MR) is 72.4 cm³/mol. The van der Waals surface area contributed by atoms with Gasteiger partial charge in [0, 0.05) is 33.9 Å². The van der Waals surface area contributed by atoms with Gasteiger partial charge in [-0.05, 0) is 18.6 Å². The van der Waals surface area contributed by atoms with E-state index in [2.05, 4.69) is 0 Å². The number of methoxy groups -OCH3 is 2. The molecule has 0 aliphatic rings. The Bertz CT molecular complexity index is 398. The zero-order valence-corrected chi connectivity index (χ0v) is 11.4. The van der Waals surface area contributed by atoms with E-state index in [-0.39, 0.29) is 5.56 Å². The standard InChI is InChI=1S/C14H20FNO3/c1-18-9-4-7-16(8-10-19-2)14-6-3-5-13(15)12(14)11-17/h3,5-6,11H,4,7-10H2,1-2H3. The highest BCUT2D eigenvalue weighted by atomic mass is 19.1. The van der Waals surface area contributed by atoms with Crippen molar-refractivity contribution in [1.29, 1.82) is 0 Å².